The Balaban J connectivity index is 1.51. The first kappa shape index (κ1) is 17.5. The number of carbonyl (C=O) groups excluding carboxylic acids is 1. The van der Waals surface area contributed by atoms with E-state index in [4.69, 9.17) is 9.47 Å². The molecule has 0 spiro atoms. The van der Waals surface area contributed by atoms with Crippen LogP contribution in [0.3, 0.4) is 0 Å². The Morgan fingerprint density at radius 1 is 1.40 bits per heavy atom. The van der Waals surface area contributed by atoms with E-state index in [1.54, 1.807) is 16.6 Å². The fourth-order valence-electron chi connectivity index (χ4n) is 2.40. The number of carbonyl (C=O) groups is 1. The third kappa shape index (κ3) is 4.22. The molecule has 0 N–H and O–H groups in total. The van der Waals surface area contributed by atoms with Gasteiger partial charge in [0.25, 0.3) is 0 Å². The zero-order valence-corrected chi connectivity index (χ0v) is 15.3. The third-order valence-electron chi connectivity index (χ3n) is 3.75. The molecular formula is C16H21N5O3S. The summed E-state index contributed by atoms with van der Waals surface area (Å²) in [6.07, 6.45) is -0.185. The van der Waals surface area contributed by atoms with E-state index in [2.05, 4.69) is 15.5 Å². The number of nitrogens with zero attached hydrogens (tertiary/aromatic N) is 5. The molecule has 1 aliphatic heterocycles. The van der Waals surface area contributed by atoms with Crippen molar-refractivity contribution in [2.45, 2.75) is 31.1 Å². The average molecular weight is 363 g/mol. The zero-order chi connectivity index (χ0) is 17.8. The zero-order valence-electron chi connectivity index (χ0n) is 14.5. The number of benzene rings is 1. The van der Waals surface area contributed by atoms with Crippen LogP contribution >= 0.6 is 11.8 Å². The monoisotopic (exact) mass is 363 g/mol. The minimum Gasteiger partial charge on any atom is -0.486 e. The Labute approximate surface area is 150 Å². The van der Waals surface area contributed by atoms with Gasteiger partial charge in [-0.15, -0.1) is 5.10 Å². The Kier molecular flexibility index (Phi) is 5.42. The fourth-order valence-corrected chi connectivity index (χ4v) is 3.35. The van der Waals surface area contributed by atoms with Crippen molar-refractivity contribution in [3.8, 4) is 11.5 Å². The van der Waals surface area contributed by atoms with Crippen LogP contribution in [0.5, 0.6) is 11.5 Å². The van der Waals surface area contributed by atoms with Crippen molar-refractivity contribution in [2.75, 3.05) is 26.0 Å². The molecular weight excluding hydrogens is 342 g/mol. The van der Waals surface area contributed by atoms with Crippen LogP contribution in [0.1, 0.15) is 19.9 Å². The van der Waals surface area contributed by atoms with E-state index in [-0.39, 0.29) is 23.8 Å². The van der Waals surface area contributed by atoms with E-state index in [1.165, 1.54) is 11.8 Å². The molecule has 8 nitrogen and oxygen atoms in total. The van der Waals surface area contributed by atoms with E-state index in [0.29, 0.717) is 24.1 Å². The Morgan fingerprint density at radius 2 is 2.16 bits per heavy atom. The lowest BCUT2D eigenvalue weighted by Crippen LogP contribution is -2.42. The van der Waals surface area contributed by atoms with Gasteiger partial charge < -0.3 is 14.4 Å². The molecule has 1 atom stereocenters. The van der Waals surface area contributed by atoms with Crippen LogP contribution in [-0.2, 0) is 4.79 Å². The van der Waals surface area contributed by atoms with Gasteiger partial charge in [0.05, 0.1) is 18.3 Å². The number of thioether (sulfide) groups is 1. The number of fused-ring (bicyclic) bond motifs is 1. The summed E-state index contributed by atoms with van der Waals surface area (Å²) >= 11 is 1.33. The molecule has 3 rings (SSSR count). The smallest absolute Gasteiger partial charge is 0.232 e. The SMILES string of the molecule is CC(C)n1nnnc1SCC(=O)N(C)C[C@H]1COc2ccccc2O1. The maximum absolute atomic E-state index is 12.4. The highest BCUT2D eigenvalue weighted by Crippen LogP contribution is 2.31. The van der Waals surface area contributed by atoms with E-state index in [1.807, 2.05) is 38.1 Å². The van der Waals surface area contributed by atoms with Gasteiger partial charge in [-0.05, 0) is 36.4 Å². The molecule has 0 aliphatic carbocycles. The third-order valence-corrected chi connectivity index (χ3v) is 4.67. The minimum absolute atomic E-state index is 0.00855. The molecule has 1 aliphatic rings. The molecule has 0 saturated heterocycles. The number of aromatic nitrogens is 4. The number of ether oxygens (including phenoxy) is 2. The molecule has 134 valence electrons. The van der Waals surface area contributed by atoms with Crippen LogP contribution in [0.4, 0.5) is 0 Å². The summed E-state index contributed by atoms with van der Waals surface area (Å²) in [5.41, 5.74) is 0. The van der Waals surface area contributed by atoms with Gasteiger partial charge in [0.2, 0.25) is 11.1 Å². The van der Waals surface area contributed by atoms with Gasteiger partial charge in [0.1, 0.15) is 6.61 Å². The molecule has 0 unspecified atom stereocenters. The molecule has 0 fully saturated rings. The Morgan fingerprint density at radius 3 is 2.92 bits per heavy atom. The molecule has 0 radical (unpaired) electrons. The lowest BCUT2D eigenvalue weighted by molar-refractivity contribution is -0.128. The molecule has 1 aromatic heterocycles. The van der Waals surface area contributed by atoms with Crippen molar-refractivity contribution >= 4 is 17.7 Å². The summed E-state index contributed by atoms with van der Waals surface area (Å²) in [6, 6.07) is 7.69. The summed E-state index contributed by atoms with van der Waals surface area (Å²) in [5.74, 6) is 1.72. The second kappa shape index (κ2) is 7.73. The lowest BCUT2D eigenvalue weighted by atomic mass is 10.2. The first-order valence-electron chi connectivity index (χ1n) is 8.07. The number of tetrazole rings is 1. The summed E-state index contributed by atoms with van der Waals surface area (Å²) in [6.45, 7) is 4.87. The quantitative estimate of drug-likeness (QED) is 0.722. The van der Waals surface area contributed by atoms with Crippen LogP contribution in [0.2, 0.25) is 0 Å². The van der Waals surface area contributed by atoms with Crippen molar-refractivity contribution in [2.24, 2.45) is 0 Å². The van der Waals surface area contributed by atoms with E-state index < -0.39 is 0 Å². The fraction of sp³-hybridized carbons (Fsp3) is 0.500. The van der Waals surface area contributed by atoms with E-state index in [0.717, 1.165) is 5.75 Å². The van der Waals surface area contributed by atoms with Gasteiger partial charge in [-0.1, -0.05) is 23.9 Å². The van der Waals surface area contributed by atoms with Gasteiger partial charge in [-0.2, -0.15) is 0 Å². The lowest BCUT2D eigenvalue weighted by Gasteiger charge is -2.29. The highest BCUT2D eigenvalue weighted by Gasteiger charge is 2.24. The predicted molar refractivity (Wildman–Crippen MR) is 92.9 cm³/mol. The average Bonchev–Trinajstić information content (AvgIpc) is 3.08. The molecule has 0 bridgehead atoms. The predicted octanol–water partition coefficient (Wildman–Crippen LogP) is 1.64. The number of amides is 1. The minimum atomic E-state index is -0.185. The second-order valence-corrected chi connectivity index (χ2v) is 7.00. The van der Waals surface area contributed by atoms with Crippen LogP contribution < -0.4 is 9.47 Å². The molecule has 2 aromatic rings. The number of para-hydroxylation sites is 2. The van der Waals surface area contributed by atoms with Crippen LogP contribution in [0, 0.1) is 0 Å². The van der Waals surface area contributed by atoms with Gasteiger partial charge in [-0.25, -0.2) is 4.68 Å². The normalized spacial score (nSPS) is 16.1. The summed E-state index contributed by atoms with van der Waals surface area (Å²) in [4.78, 5) is 14.0. The van der Waals surface area contributed by atoms with Gasteiger partial charge in [-0.3, -0.25) is 4.79 Å². The molecule has 1 amide bonds. The van der Waals surface area contributed by atoms with Crippen LogP contribution in [-0.4, -0.2) is 63.1 Å². The van der Waals surface area contributed by atoms with E-state index >= 15 is 0 Å². The standard InChI is InChI=1S/C16H21N5O3S/c1-11(2)21-16(17-18-19-21)25-10-15(22)20(3)8-12-9-23-13-6-4-5-7-14(13)24-12/h4-7,11-12H,8-10H2,1-3H3/t12-/m0/s1. The summed E-state index contributed by atoms with van der Waals surface area (Å²) < 4.78 is 13.3. The number of rotatable bonds is 6. The van der Waals surface area contributed by atoms with Crippen molar-refractivity contribution in [1.29, 1.82) is 0 Å². The van der Waals surface area contributed by atoms with Crippen LogP contribution in [0.15, 0.2) is 29.4 Å². The van der Waals surface area contributed by atoms with Crippen molar-refractivity contribution < 1.29 is 14.3 Å². The summed E-state index contributed by atoms with van der Waals surface area (Å²) in [5, 5.41) is 12.2. The molecule has 1 aromatic carbocycles. The van der Waals surface area contributed by atoms with Crippen molar-refractivity contribution in [3.05, 3.63) is 24.3 Å². The maximum atomic E-state index is 12.4. The molecule has 0 saturated carbocycles. The largest absolute Gasteiger partial charge is 0.486 e. The maximum Gasteiger partial charge on any atom is 0.232 e. The molecule has 9 heteroatoms. The first-order chi connectivity index (χ1) is 12.0. The van der Waals surface area contributed by atoms with Crippen LogP contribution in [0.25, 0.3) is 0 Å². The number of hydrogen-bond acceptors (Lipinski definition) is 7. The Hall–Kier alpha value is -2.29. The van der Waals surface area contributed by atoms with Gasteiger partial charge in [0, 0.05) is 7.05 Å². The van der Waals surface area contributed by atoms with E-state index in [9.17, 15) is 4.79 Å². The molecule has 25 heavy (non-hydrogen) atoms. The number of likely N-dealkylation sites (N-methyl/N-ethyl adjacent to an activating group) is 1. The second-order valence-electron chi connectivity index (χ2n) is 6.06. The number of hydrogen-bond donors (Lipinski definition) is 0. The first-order valence-corrected chi connectivity index (χ1v) is 9.06. The summed E-state index contributed by atoms with van der Waals surface area (Å²) in [7, 11) is 1.76. The van der Waals surface area contributed by atoms with Crippen molar-refractivity contribution in [1.82, 2.24) is 25.1 Å². The Bertz CT molecular complexity index is 736. The molecule has 2 heterocycles. The highest BCUT2D eigenvalue weighted by molar-refractivity contribution is 7.99. The highest BCUT2D eigenvalue weighted by atomic mass is 32.2. The van der Waals surface area contributed by atoms with Gasteiger partial charge in [0.15, 0.2) is 17.6 Å². The van der Waals surface area contributed by atoms with Gasteiger partial charge >= 0.3 is 0 Å². The van der Waals surface area contributed by atoms with Crippen molar-refractivity contribution in [3.63, 3.8) is 0 Å². The topological polar surface area (TPSA) is 82.4 Å².